The number of carbonyl (C=O) groups is 3. The number of para-hydroxylation sites is 1. The zero-order valence-corrected chi connectivity index (χ0v) is 19.1. The Kier molecular flexibility index (Phi) is 6.79. The van der Waals surface area contributed by atoms with Crippen molar-refractivity contribution >= 4 is 23.5 Å². The molecular formula is C26H30N2O5. The molecule has 0 radical (unpaired) electrons. The number of amides is 1. The predicted molar refractivity (Wildman–Crippen MR) is 123 cm³/mol. The fraction of sp³-hybridized carbons (Fsp3) is 0.423. The van der Waals surface area contributed by atoms with Crippen LogP contribution in [0.5, 0.6) is 0 Å². The van der Waals surface area contributed by atoms with E-state index in [1.54, 1.807) is 4.90 Å². The summed E-state index contributed by atoms with van der Waals surface area (Å²) in [6.07, 6.45) is 3.30. The van der Waals surface area contributed by atoms with Gasteiger partial charge >= 0.3 is 23.6 Å². The highest BCUT2D eigenvalue weighted by Gasteiger charge is 2.53. The Bertz CT molecular complexity index is 970. The van der Waals surface area contributed by atoms with E-state index in [0.29, 0.717) is 18.2 Å². The van der Waals surface area contributed by atoms with Gasteiger partial charge in [0.25, 0.3) is 0 Å². The van der Waals surface area contributed by atoms with E-state index in [0.717, 1.165) is 32.4 Å². The van der Waals surface area contributed by atoms with E-state index in [4.69, 9.17) is 9.47 Å². The molecule has 2 aliphatic heterocycles. The molecule has 0 aliphatic carbocycles. The van der Waals surface area contributed by atoms with Gasteiger partial charge in [0.05, 0.1) is 0 Å². The van der Waals surface area contributed by atoms with Crippen LogP contribution in [0.2, 0.25) is 0 Å². The normalized spacial score (nSPS) is 19.6. The van der Waals surface area contributed by atoms with Crippen LogP contribution < -0.4 is 4.90 Å². The van der Waals surface area contributed by atoms with Crippen LogP contribution in [0.3, 0.4) is 0 Å². The summed E-state index contributed by atoms with van der Waals surface area (Å²) in [5.74, 6) is -4.16. The monoisotopic (exact) mass is 450 g/mol. The second-order valence-corrected chi connectivity index (χ2v) is 8.99. The van der Waals surface area contributed by atoms with Gasteiger partial charge < -0.3 is 14.4 Å². The Labute approximate surface area is 194 Å². The number of likely N-dealkylation sites (tertiary alicyclic amines) is 1. The average molecular weight is 451 g/mol. The summed E-state index contributed by atoms with van der Waals surface area (Å²) in [6.45, 7) is 5.70. The van der Waals surface area contributed by atoms with Crippen molar-refractivity contribution in [2.75, 3.05) is 24.5 Å². The molecule has 174 valence electrons. The summed E-state index contributed by atoms with van der Waals surface area (Å²) in [7, 11) is 0. The van der Waals surface area contributed by atoms with Crippen LogP contribution in [0, 0.1) is 5.92 Å². The van der Waals surface area contributed by atoms with Crippen LogP contribution in [0.15, 0.2) is 60.7 Å². The maximum Gasteiger partial charge on any atom is 0.421 e. The lowest BCUT2D eigenvalue weighted by atomic mass is 9.89. The Morgan fingerprint density at radius 3 is 2.12 bits per heavy atom. The molecule has 0 saturated carbocycles. The molecule has 2 aromatic carbocycles. The fourth-order valence-electron chi connectivity index (χ4n) is 4.63. The lowest BCUT2D eigenvalue weighted by Crippen LogP contribution is -2.53. The van der Waals surface area contributed by atoms with Gasteiger partial charge in [-0.05, 0) is 62.9 Å². The molecule has 2 heterocycles. The van der Waals surface area contributed by atoms with Gasteiger partial charge in [0.2, 0.25) is 0 Å². The SMILES string of the molecule is C[C@H](CN(C(=O)C1(C)OC(=O)C(=O)O1)c1ccccc1)N1CCC(Cc2ccccc2)CC1. The van der Waals surface area contributed by atoms with Crippen LogP contribution in [0.25, 0.3) is 0 Å². The molecule has 0 N–H and O–H groups in total. The van der Waals surface area contributed by atoms with E-state index in [-0.39, 0.29) is 6.04 Å². The van der Waals surface area contributed by atoms with E-state index < -0.39 is 23.6 Å². The number of benzene rings is 2. The third-order valence-electron chi connectivity index (χ3n) is 6.53. The van der Waals surface area contributed by atoms with E-state index in [2.05, 4.69) is 36.1 Å². The molecule has 0 spiro atoms. The van der Waals surface area contributed by atoms with Crippen molar-refractivity contribution < 1.29 is 23.9 Å². The van der Waals surface area contributed by atoms with Gasteiger partial charge in [-0.25, -0.2) is 9.59 Å². The molecule has 33 heavy (non-hydrogen) atoms. The van der Waals surface area contributed by atoms with Crippen LogP contribution in [-0.4, -0.2) is 54.2 Å². The maximum absolute atomic E-state index is 13.4. The summed E-state index contributed by atoms with van der Waals surface area (Å²) in [6, 6.07) is 19.8. The minimum atomic E-state index is -1.95. The summed E-state index contributed by atoms with van der Waals surface area (Å²) >= 11 is 0. The van der Waals surface area contributed by atoms with Crippen LogP contribution in [0.1, 0.15) is 32.3 Å². The van der Waals surface area contributed by atoms with Gasteiger partial charge in [0.15, 0.2) is 0 Å². The number of cyclic esters (lactones) is 2. The number of piperidine rings is 1. The highest BCUT2D eigenvalue weighted by atomic mass is 16.8. The highest BCUT2D eigenvalue weighted by molar-refractivity contribution is 6.32. The number of hydrogen-bond acceptors (Lipinski definition) is 6. The Balaban J connectivity index is 1.42. The van der Waals surface area contributed by atoms with Gasteiger partial charge in [-0.3, -0.25) is 9.69 Å². The van der Waals surface area contributed by atoms with Crippen molar-refractivity contribution in [2.45, 2.75) is 44.9 Å². The number of hydrogen-bond donors (Lipinski definition) is 0. The van der Waals surface area contributed by atoms with Crippen molar-refractivity contribution in [3.05, 3.63) is 66.2 Å². The summed E-state index contributed by atoms with van der Waals surface area (Å²) in [5.41, 5.74) is 2.03. The molecule has 0 aromatic heterocycles. The first-order valence-electron chi connectivity index (χ1n) is 11.5. The lowest BCUT2D eigenvalue weighted by Gasteiger charge is -2.39. The van der Waals surface area contributed by atoms with Gasteiger partial charge in [0, 0.05) is 25.2 Å². The number of anilines is 1. The van der Waals surface area contributed by atoms with Gasteiger partial charge in [-0.2, -0.15) is 0 Å². The minimum absolute atomic E-state index is 0.0724. The van der Waals surface area contributed by atoms with Crippen molar-refractivity contribution in [1.29, 1.82) is 0 Å². The van der Waals surface area contributed by atoms with Crippen LogP contribution >= 0.6 is 0 Å². The zero-order chi connectivity index (χ0) is 23.4. The van der Waals surface area contributed by atoms with Crippen molar-refractivity contribution in [2.24, 2.45) is 5.92 Å². The number of esters is 2. The fourth-order valence-corrected chi connectivity index (χ4v) is 4.63. The van der Waals surface area contributed by atoms with Crippen molar-refractivity contribution in [3.63, 3.8) is 0 Å². The van der Waals surface area contributed by atoms with Gasteiger partial charge in [-0.15, -0.1) is 0 Å². The smallest absolute Gasteiger partial charge is 0.405 e. The second-order valence-electron chi connectivity index (χ2n) is 8.99. The van der Waals surface area contributed by atoms with E-state index in [1.807, 2.05) is 36.4 Å². The quantitative estimate of drug-likeness (QED) is 0.476. The molecule has 2 aliphatic rings. The molecule has 1 amide bonds. The molecule has 2 fully saturated rings. The largest absolute Gasteiger partial charge is 0.421 e. The van der Waals surface area contributed by atoms with Gasteiger partial charge in [0.1, 0.15) is 0 Å². The molecule has 2 saturated heterocycles. The van der Waals surface area contributed by atoms with Crippen LogP contribution in [-0.2, 0) is 30.3 Å². The molecule has 2 aromatic rings. The lowest BCUT2D eigenvalue weighted by molar-refractivity contribution is -0.182. The molecule has 7 heteroatoms. The molecular weight excluding hydrogens is 420 g/mol. The van der Waals surface area contributed by atoms with E-state index in [9.17, 15) is 14.4 Å². The second kappa shape index (κ2) is 9.75. The highest BCUT2D eigenvalue weighted by Crippen LogP contribution is 2.28. The Morgan fingerprint density at radius 1 is 1.00 bits per heavy atom. The third kappa shape index (κ3) is 5.25. The topological polar surface area (TPSA) is 76.1 Å². The van der Waals surface area contributed by atoms with Crippen molar-refractivity contribution in [3.8, 4) is 0 Å². The molecule has 0 bridgehead atoms. The van der Waals surface area contributed by atoms with Crippen molar-refractivity contribution in [1.82, 2.24) is 4.90 Å². The summed E-state index contributed by atoms with van der Waals surface area (Å²) in [4.78, 5) is 40.5. The van der Waals surface area contributed by atoms with Gasteiger partial charge in [-0.1, -0.05) is 48.5 Å². The molecule has 4 rings (SSSR count). The molecule has 7 nitrogen and oxygen atoms in total. The first-order valence-corrected chi connectivity index (χ1v) is 11.5. The van der Waals surface area contributed by atoms with E-state index >= 15 is 0 Å². The molecule has 1 atom stereocenters. The first-order chi connectivity index (χ1) is 15.9. The Hall–Kier alpha value is -3.19. The third-order valence-corrected chi connectivity index (χ3v) is 6.53. The van der Waals surface area contributed by atoms with Crippen LogP contribution in [0.4, 0.5) is 5.69 Å². The predicted octanol–water partition coefficient (Wildman–Crippen LogP) is 3.18. The number of rotatable bonds is 7. The minimum Gasteiger partial charge on any atom is -0.405 e. The summed E-state index contributed by atoms with van der Waals surface area (Å²) < 4.78 is 10.0. The standard InChI is InChI=1S/C26H30N2O5/c1-19(27-15-13-21(14-16-27)17-20-9-5-3-6-10-20)18-28(22-11-7-4-8-12-22)25(31)26(2)32-23(29)24(30)33-26/h3-12,19,21H,13-18H2,1-2H3/t19-/m1/s1. The van der Waals surface area contributed by atoms with E-state index in [1.165, 1.54) is 12.5 Å². The summed E-state index contributed by atoms with van der Waals surface area (Å²) in [5, 5.41) is 0. The maximum atomic E-state index is 13.4. The zero-order valence-electron chi connectivity index (χ0n) is 19.1. The average Bonchev–Trinajstić information content (AvgIpc) is 3.11. The Morgan fingerprint density at radius 2 is 1.55 bits per heavy atom. The first kappa shape index (κ1) is 23.0. The number of ether oxygens (including phenoxy) is 2. The number of carbonyl (C=O) groups excluding carboxylic acids is 3. The number of nitrogens with zero attached hydrogens (tertiary/aromatic N) is 2. The molecule has 0 unspecified atom stereocenters.